The van der Waals surface area contributed by atoms with Crippen molar-refractivity contribution in [2.24, 2.45) is 0 Å². The summed E-state index contributed by atoms with van der Waals surface area (Å²) < 4.78 is 13.8. The van der Waals surface area contributed by atoms with E-state index in [1.54, 1.807) is 50.9 Å². The van der Waals surface area contributed by atoms with Crippen LogP contribution in [0.25, 0.3) is 33.3 Å². The number of hydrogen-bond acceptors (Lipinski definition) is 6. The number of fused-ring (bicyclic) bond motifs is 1. The van der Waals surface area contributed by atoms with E-state index in [4.69, 9.17) is 11.1 Å². The molecule has 0 saturated carbocycles. The first kappa shape index (κ1) is 23.6. The number of nitrogens with one attached hydrogen (secondary N) is 3. The van der Waals surface area contributed by atoms with Crippen LogP contribution >= 0.6 is 0 Å². The zero-order valence-electron chi connectivity index (χ0n) is 20.1. The van der Waals surface area contributed by atoms with Crippen molar-refractivity contribution in [1.29, 1.82) is 5.41 Å². The van der Waals surface area contributed by atoms with Crippen molar-refractivity contribution in [2.75, 3.05) is 25.1 Å². The summed E-state index contributed by atoms with van der Waals surface area (Å²) in [5.41, 5.74) is 11.2. The number of para-hydroxylation sites is 1. The Kier molecular flexibility index (Phi) is 6.06. The van der Waals surface area contributed by atoms with Gasteiger partial charge in [-0.05, 0) is 35.9 Å². The molecule has 184 valence electrons. The normalized spacial score (nSPS) is 10.9. The number of pyridine rings is 2. The Morgan fingerprint density at radius 3 is 2.59 bits per heavy atom. The van der Waals surface area contributed by atoms with Gasteiger partial charge in [-0.2, -0.15) is 0 Å². The highest BCUT2D eigenvalue weighted by Gasteiger charge is 2.17. The molecule has 0 saturated heterocycles. The summed E-state index contributed by atoms with van der Waals surface area (Å²) in [6.07, 6.45) is 4.77. The van der Waals surface area contributed by atoms with Gasteiger partial charge in [0.05, 0.1) is 22.9 Å². The molecule has 5 N–H and O–H groups in total. The van der Waals surface area contributed by atoms with Gasteiger partial charge in [0.15, 0.2) is 5.82 Å². The zero-order valence-corrected chi connectivity index (χ0v) is 20.1. The van der Waals surface area contributed by atoms with Crippen LogP contribution in [0.4, 0.5) is 20.7 Å². The number of benzene rings is 2. The molecule has 0 aliphatic rings. The molecule has 10 heteroatoms. The number of hydrogen-bond donors (Lipinski definition) is 4. The van der Waals surface area contributed by atoms with Crippen molar-refractivity contribution in [2.45, 2.75) is 0 Å². The second-order valence-corrected chi connectivity index (χ2v) is 8.62. The van der Waals surface area contributed by atoms with E-state index in [-0.39, 0.29) is 23.4 Å². The molecule has 0 unspecified atom stereocenters. The standard InChI is InChI=1S/C27H23FN8O/c1-36(2)27(37)33-19-10-16(12-31-14-19)17-11-21(25(30)32-13-17)23(29)26-34-22-8-4-7-20(24(22)35-26)15-5-3-6-18(28)9-15/h3-14,29H,1-2H3,(H2,30,32)(H,33,37)(H,34,35). The maximum Gasteiger partial charge on any atom is 0.321 e. The molecule has 5 rings (SSSR count). The van der Waals surface area contributed by atoms with Crippen LogP contribution in [0.15, 0.2) is 73.2 Å². The summed E-state index contributed by atoms with van der Waals surface area (Å²) >= 11 is 0. The van der Waals surface area contributed by atoms with Crippen molar-refractivity contribution in [3.63, 3.8) is 0 Å². The quantitative estimate of drug-likeness (QED) is 0.257. The molecular formula is C27H23FN8O. The first-order valence-electron chi connectivity index (χ1n) is 11.3. The number of nitrogens with two attached hydrogens (primary N) is 1. The van der Waals surface area contributed by atoms with E-state index in [1.165, 1.54) is 17.0 Å². The third-order valence-electron chi connectivity index (χ3n) is 5.80. The SMILES string of the molecule is CN(C)C(=O)Nc1cncc(-c2cnc(N)c(C(=N)c3nc4c(-c5cccc(F)c5)cccc4[nH]3)c2)c1. The summed E-state index contributed by atoms with van der Waals surface area (Å²) in [5.74, 6) is 0.132. The predicted molar refractivity (Wildman–Crippen MR) is 142 cm³/mol. The average Bonchev–Trinajstić information content (AvgIpc) is 3.33. The molecule has 2 aromatic carbocycles. The van der Waals surface area contributed by atoms with E-state index < -0.39 is 0 Å². The number of nitrogens with zero attached hydrogens (tertiary/aromatic N) is 4. The van der Waals surface area contributed by atoms with Crippen molar-refractivity contribution in [3.05, 3.63) is 90.4 Å². The smallest absolute Gasteiger partial charge is 0.321 e. The molecule has 0 bridgehead atoms. The van der Waals surface area contributed by atoms with Crippen LogP contribution in [-0.2, 0) is 0 Å². The third kappa shape index (κ3) is 4.72. The maximum absolute atomic E-state index is 13.8. The lowest BCUT2D eigenvalue weighted by molar-refractivity contribution is 0.230. The number of urea groups is 1. The zero-order chi connectivity index (χ0) is 26.1. The summed E-state index contributed by atoms with van der Waals surface area (Å²) in [6, 6.07) is 15.1. The molecule has 0 aliphatic heterocycles. The highest BCUT2D eigenvalue weighted by Crippen LogP contribution is 2.29. The van der Waals surface area contributed by atoms with Gasteiger partial charge in [-0.25, -0.2) is 19.2 Å². The Morgan fingerprint density at radius 2 is 1.81 bits per heavy atom. The summed E-state index contributed by atoms with van der Waals surface area (Å²) in [5, 5.41) is 11.6. The van der Waals surface area contributed by atoms with Crippen LogP contribution < -0.4 is 11.1 Å². The molecule has 3 heterocycles. The van der Waals surface area contributed by atoms with E-state index in [1.807, 2.05) is 24.3 Å². The lowest BCUT2D eigenvalue weighted by atomic mass is 10.0. The van der Waals surface area contributed by atoms with E-state index in [9.17, 15) is 9.18 Å². The van der Waals surface area contributed by atoms with Crippen LogP contribution in [0.1, 0.15) is 11.4 Å². The number of carbonyl (C=O) groups excluding carboxylic acids is 1. The molecule has 0 fully saturated rings. The Bertz CT molecular complexity index is 1660. The molecular weight excluding hydrogens is 471 g/mol. The Balaban J connectivity index is 1.51. The number of halogens is 1. The first-order valence-corrected chi connectivity index (χ1v) is 11.3. The average molecular weight is 495 g/mol. The summed E-state index contributed by atoms with van der Waals surface area (Å²) in [7, 11) is 3.29. The molecule has 0 aliphatic carbocycles. The lowest BCUT2D eigenvalue weighted by Crippen LogP contribution is -2.27. The molecule has 5 aromatic rings. The molecule has 0 radical (unpaired) electrons. The fourth-order valence-electron chi connectivity index (χ4n) is 3.90. The Hall–Kier alpha value is -5.12. The number of H-pyrrole nitrogens is 1. The number of anilines is 2. The van der Waals surface area contributed by atoms with Crippen molar-refractivity contribution in [1.82, 2.24) is 24.8 Å². The maximum atomic E-state index is 13.8. The highest BCUT2D eigenvalue weighted by molar-refractivity contribution is 6.13. The minimum absolute atomic E-state index is 0.0540. The van der Waals surface area contributed by atoms with Gasteiger partial charge in [0, 0.05) is 48.7 Å². The number of aromatic amines is 1. The van der Waals surface area contributed by atoms with Gasteiger partial charge >= 0.3 is 6.03 Å². The predicted octanol–water partition coefficient (Wildman–Crippen LogP) is 4.92. The van der Waals surface area contributed by atoms with Crippen molar-refractivity contribution < 1.29 is 9.18 Å². The van der Waals surface area contributed by atoms with Gasteiger partial charge in [-0.3, -0.25) is 10.4 Å². The second-order valence-electron chi connectivity index (χ2n) is 8.62. The van der Waals surface area contributed by atoms with Gasteiger partial charge in [-0.1, -0.05) is 24.3 Å². The van der Waals surface area contributed by atoms with E-state index in [0.717, 1.165) is 5.56 Å². The monoisotopic (exact) mass is 494 g/mol. The van der Waals surface area contributed by atoms with Gasteiger partial charge in [0.2, 0.25) is 0 Å². The topological polar surface area (TPSA) is 137 Å². The minimum atomic E-state index is -0.339. The van der Waals surface area contributed by atoms with Crippen molar-refractivity contribution in [3.8, 4) is 22.3 Å². The summed E-state index contributed by atoms with van der Waals surface area (Å²) in [6.45, 7) is 0. The minimum Gasteiger partial charge on any atom is -0.383 e. The number of rotatable bonds is 5. The van der Waals surface area contributed by atoms with Gasteiger partial charge < -0.3 is 20.9 Å². The molecule has 2 amide bonds. The van der Waals surface area contributed by atoms with Gasteiger partial charge in [0.25, 0.3) is 0 Å². The molecule has 0 spiro atoms. The van der Waals surface area contributed by atoms with E-state index in [0.29, 0.717) is 44.8 Å². The number of imidazole rings is 1. The van der Waals surface area contributed by atoms with Crippen LogP contribution in [0.5, 0.6) is 0 Å². The highest BCUT2D eigenvalue weighted by atomic mass is 19.1. The van der Waals surface area contributed by atoms with Crippen LogP contribution in [0.3, 0.4) is 0 Å². The van der Waals surface area contributed by atoms with E-state index in [2.05, 4.69) is 25.3 Å². The number of carbonyl (C=O) groups is 1. The molecule has 3 aromatic heterocycles. The second kappa shape index (κ2) is 9.50. The fraction of sp³-hybridized carbons (Fsp3) is 0.0741. The first-order chi connectivity index (χ1) is 17.8. The lowest BCUT2D eigenvalue weighted by Gasteiger charge is -2.13. The largest absolute Gasteiger partial charge is 0.383 e. The molecule has 37 heavy (non-hydrogen) atoms. The Morgan fingerprint density at radius 1 is 1.03 bits per heavy atom. The molecule has 0 atom stereocenters. The number of amides is 2. The van der Waals surface area contributed by atoms with Crippen molar-refractivity contribution >= 4 is 34.3 Å². The van der Waals surface area contributed by atoms with Crippen LogP contribution in [0.2, 0.25) is 0 Å². The van der Waals surface area contributed by atoms with E-state index >= 15 is 0 Å². The molecule has 9 nitrogen and oxygen atoms in total. The number of nitrogen functional groups attached to an aromatic ring is 1. The Labute approximate surface area is 211 Å². The summed E-state index contributed by atoms with van der Waals surface area (Å²) in [4.78, 5) is 29.7. The van der Waals surface area contributed by atoms with Crippen LogP contribution in [-0.4, -0.2) is 50.7 Å². The van der Waals surface area contributed by atoms with Gasteiger partial charge in [-0.15, -0.1) is 0 Å². The third-order valence-corrected chi connectivity index (χ3v) is 5.80. The van der Waals surface area contributed by atoms with Crippen LogP contribution in [0, 0.1) is 11.2 Å². The number of aromatic nitrogens is 4. The van der Waals surface area contributed by atoms with Gasteiger partial charge in [0.1, 0.15) is 17.3 Å². The fourth-order valence-corrected chi connectivity index (χ4v) is 3.90.